The standard InChI is InChI=1S/C20H16Cl2N2O2S/c1-13(18-10-11-19(22)27-18)23-24-20(25)15-7-3-5-9-17(15)26-12-14-6-2-4-8-16(14)21/h2-11H,12H2,1H3,(H,24,25)/b23-13+. The molecule has 0 saturated heterocycles. The molecule has 1 heterocycles. The van der Waals surface area contributed by atoms with Gasteiger partial charge in [-0.3, -0.25) is 4.79 Å². The van der Waals surface area contributed by atoms with Crippen LogP contribution < -0.4 is 10.2 Å². The molecule has 0 atom stereocenters. The van der Waals surface area contributed by atoms with Crippen molar-refractivity contribution in [3.8, 4) is 5.75 Å². The fourth-order valence-corrected chi connectivity index (χ4v) is 3.49. The minimum atomic E-state index is -0.355. The van der Waals surface area contributed by atoms with Crippen LogP contribution in [-0.4, -0.2) is 11.6 Å². The third-order valence-corrected chi connectivity index (χ3v) is 5.44. The molecule has 138 valence electrons. The number of nitrogens with one attached hydrogen (secondary N) is 1. The van der Waals surface area contributed by atoms with Gasteiger partial charge in [0.1, 0.15) is 12.4 Å². The van der Waals surface area contributed by atoms with Crippen LogP contribution in [0.2, 0.25) is 9.36 Å². The predicted molar refractivity (Wildman–Crippen MR) is 111 cm³/mol. The monoisotopic (exact) mass is 418 g/mol. The van der Waals surface area contributed by atoms with E-state index < -0.39 is 0 Å². The van der Waals surface area contributed by atoms with E-state index in [-0.39, 0.29) is 12.5 Å². The van der Waals surface area contributed by atoms with E-state index in [9.17, 15) is 4.79 Å². The number of rotatable bonds is 6. The maximum absolute atomic E-state index is 12.5. The summed E-state index contributed by atoms with van der Waals surface area (Å²) in [6, 6.07) is 18.1. The highest BCUT2D eigenvalue weighted by atomic mass is 35.5. The number of benzene rings is 2. The number of halogens is 2. The molecule has 27 heavy (non-hydrogen) atoms. The van der Waals surface area contributed by atoms with Crippen LogP contribution in [0.25, 0.3) is 0 Å². The third-order valence-electron chi connectivity index (χ3n) is 3.73. The van der Waals surface area contributed by atoms with Crippen molar-refractivity contribution in [1.82, 2.24) is 5.43 Å². The molecule has 0 aliphatic rings. The Morgan fingerprint density at radius 2 is 1.81 bits per heavy atom. The average Bonchev–Trinajstić information content (AvgIpc) is 3.12. The Morgan fingerprint density at radius 1 is 1.07 bits per heavy atom. The number of hydrogen-bond acceptors (Lipinski definition) is 4. The first-order valence-electron chi connectivity index (χ1n) is 8.10. The third kappa shape index (κ3) is 5.10. The highest BCUT2D eigenvalue weighted by Crippen LogP contribution is 2.23. The Balaban J connectivity index is 1.71. The Hall–Kier alpha value is -2.34. The molecule has 0 aliphatic carbocycles. The fraction of sp³-hybridized carbons (Fsp3) is 0.100. The predicted octanol–water partition coefficient (Wildman–Crippen LogP) is 5.79. The lowest BCUT2D eigenvalue weighted by Crippen LogP contribution is -2.20. The SMILES string of the molecule is C/C(=N\NC(=O)c1ccccc1OCc1ccccc1Cl)c1ccc(Cl)s1. The summed E-state index contributed by atoms with van der Waals surface area (Å²) in [4.78, 5) is 13.4. The number of thiophene rings is 1. The molecule has 0 radical (unpaired) electrons. The summed E-state index contributed by atoms with van der Waals surface area (Å²) >= 11 is 13.5. The molecule has 1 aromatic heterocycles. The van der Waals surface area contributed by atoms with Crippen LogP contribution in [0.5, 0.6) is 5.75 Å². The molecule has 1 amide bonds. The number of ether oxygens (including phenoxy) is 1. The van der Waals surface area contributed by atoms with Crippen molar-refractivity contribution in [1.29, 1.82) is 0 Å². The van der Waals surface area contributed by atoms with Gasteiger partial charge in [0.05, 0.1) is 20.5 Å². The highest BCUT2D eigenvalue weighted by Gasteiger charge is 2.13. The number of carbonyl (C=O) groups is 1. The number of amides is 1. The van der Waals surface area contributed by atoms with Crippen molar-refractivity contribution in [2.75, 3.05) is 0 Å². The first-order valence-corrected chi connectivity index (χ1v) is 9.67. The molecule has 0 bridgehead atoms. The minimum Gasteiger partial charge on any atom is -0.488 e. The Bertz CT molecular complexity index is 985. The summed E-state index contributed by atoms with van der Waals surface area (Å²) in [6.45, 7) is 2.07. The molecule has 0 unspecified atom stereocenters. The molecule has 0 aliphatic heterocycles. The number of nitrogens with zero attached hydrogens (tertiary/aromatic N) is 1. The topological polar surface area (TPSA) is 50.7 Å². The molecule has 1 N–H and O–H groups in total. The van der Waals surface area contributed by atoms with Crippen molar-refractivity contribution in [2.24, 2.45) is 5.10 Å². The molecule has 0 saturated carbocycles. The first-order chi connectivity index (χ1) is 13.0. The van der Waals surface area contributed by atoms with Gasteiger partial charge in [0.2, 0.25) is 0 Å². The van der Waals surface area contributed by atoms with E-state index in [0.29, 0.717) is 26.4 Å². The van der Waals surface area contributed by atoms with Gasteiger partial charge in [0.25, 0.3) is 5.91 Å². The second kappa shape index (κ2) is 9.04. The van der Waals surface area contributed by atoms with Crippen molar-refractivity contribution < 1.29 is 9.53 Å². The van der Waals surface area contributed by atoms with E-state index >= 15 is 0 Å². The zero-order valence-electron chi connectivity index (χ0n) is 14.4. The summed E-state index contributed by atoms with van der Waals surface area (Å²) in [7, 11) is 0. The van der Waals surface area contributed by atoms with Crippen LogP contribution in [0.15, 0.2) is 65.8 Å². The normalized spacial score (nSPS) is 11.3. The minimum absolute atomic E-state index is 0.264. The van der Waals surface area contributed by atoms with E-state index in [0.717, 1.165) is 10.4 Å². The number of hydrogen-bond donors (Lipinski definition) is 1. The van der Waals surface area contributed by atoms with Crippen LogP contribution in [0.4, 0.5) is 0 Å². The number of para-hydroxylation sites is 1. The summed E-state index contributed by atoms with van der Waals surface area (Å²) < 4.78 is 6.48. The second-order valence-electron chi connectivity index (χ2n) is 5.62. The summed E-state index contributed by atoms with van der Waals surface area (Å²) in [5, 5.41) is 4.77. The molecule has 3 rings (SSSR count). The molecule has 2 aromatic carbocycles. The zero-order valence-corrected chi connectivity index (χ0v) is 16.7. The lowest BCUT2D eigenvalue weighted by Gasteiger charge is -2.11. The van der Waals surface area contributed by atoms with Crippen LogP contribution in [0.3, 0.4) is 0 Å². The van der Waals surface area contributed by atoms with E-state index in [1.807, 2.05) is 31.2 Å². The molecule has 0 fully saturated rings. The van der Waals surface area contributed by atoms with Crippen molar-refractivity contribution >= 4 is 46.2 Å². The van der Waals surface area contributed by atoms with Gasteiger partial charge in [-0.05, 0) is 37.3 Å². The first kappa shape index (κ1) is 19.4. The van der Waals surface area contributed by atoms with Gasteiger partial charge < -0.3 is 4.74 Å². The molecule has 7 heteroatoms. The fourth-order valence-electron chi connectivity index (χ4n) is 2.31. The Labute approximate surface area is 171 Å². The van der Waals surface area contributed by atoms with E-state index in [1.165, 1.54) is 11.3 Å². The quantitative estimate of drug-likeness (QED) is 0.406. The number of carbonyl (C=O) groups excluding carboxylic acids is 1. The van der Waals surface area contributed by atoms with Gasteiger partial charge in [-0.25, -0.2) is 5.43 Å². The smallest absolute Gasteiger partial charge is 0.275 e. The highest BCUT2D eigenvalue weighted by molar-refractivity contribution is 7.18. The summed E-state index contributed by atoms with van der Waals surface area (Å²) in [5.74, 6) is 0.105. The summed E-state index contributed by atoms with van der Waals surface area (Å²) in [5.41, 5.74) is 4.48. The molecule has 3 aromatic rings. The maximum atomic E-state index is 12.5. The van der Waals surface area contributed by atoms with Crippen LogP contribution in [-0.2, 0) is 6.61 Å². The summed E-state index contributed by atoms with van der Waals surface area (Å²) in [6.07, 6.45) is 0. The van der Waals surface area contributed by atoms with Gasteiger partial charge in [0, 0.05) is 10.6 Å². The lowest BCUT2D eigenvalue weighted by molar-refractivity contribution is 0.0950. The van der Waals surface area contributed by atoms with Crippen molar-refractivity contribution in [2.45, 2.75) is 13.5 Å². The Morgan fingerprint density at radius 3 is 2.56 bits per heavy atom. The van der Waals surface area contributed by atoms with Crippen molar-refractivity contribution in [3.05, 3.63) is 86.0 Å². The van der Waals surface area contributed by atoms with Crippen molar-refractivity contribution in [3.63, 3.8) is 0 Å². The molecular weight excluding hydrogens is 403 g/mol. The molecular formula is C20H16Cl2N2O2S. The van der Waals surface area contributed by atoms with E-state index in [4.69, 9.17) is 27.9 Å². The van der Waals surface area contributed by atoms with Gasteiger partial charge in [-0.15, -0.1) is 11.3 Å². The van der Waals surface area contributed by atoms with Gasteiger partial charge in [0.15, 0.2) is 0 Å². The lowest BCUT2D eigenvalue weighted by atomic mass is 10.2. The van der Waals surface area contributed by atoms with Crippen LogP contribution in [0.1, 0.15) is 27.7 Å². The van der Waals surface area contributed by atoms with E-state index in [2.05, 4.69) is 10.5 Å². The van der Waals surface area contributed by atoms with Gasteiger partial charge in [-0.1, -0.05) is 53.5 Å². The molecule has 0 spiro atoms. The largest absolute Gasteiger partial charge is 0.488 e. The van der Waals surface area contributed by atoms with Gasteiger partial charge in [-0.2, -0.15) is 5.10 Å². The second-order valence-corrected chi connectivity index (χ2v) is 7.74. The van der Waals surface area contributed by atoms with E-state index in [1.54, 1.807) is 36.4 Å². The molecule has 4 nitrogen and oxygen atoms in total. The van der Waals surface area contributed by atoms with Crippen LogP contribution >= 0.6 is 34.5 Å². The zero-order chi connectivity index (χ0) is 19.2. The maximum Gasteiger partial charge on any atom is 0.275 e. The Kier molecular flexibility index (Phi) is 6.50. The number of hydrazone groups is 1. The average molecular weight is 419 g/mol. The van der Waals surface area contributed by atoms with Crippen LogP contribution in [0, 0.1) is 0 Å². The van der Waals surface area contributed by atoms with Gasteiger partial charge >= 0.3 is 0 Å².